The molecule has 1 saturated carbocycles. The lowest BCUT2D eigenvalue weighted by Gasteiger charge is -2.10. The Morgan fingerprint density at radius 1 is 1.07 bits per heavy atom. The van der Waals surface area contributed by atoms with Crippen molar-refractivity contribution >= 4 is 38.1 Å². The van der Waals surface area contributed by atoms with Gasteiger partial charge >= 0.3 is 0 Å². The molecule has 0 radical (unpaired) electrons. The van der Waals surface area contributed by atoms with Gasteiger partial charge in [-0.25, -0.2) is 13.4 Å². The lowest BCUT2D eigenvalue weighted by molar-refractivity contribution is 0.102. The van der Waals surface area contributed by atoms with Crippen LogP contribution in [0.3, 0.4) is 0 Å². The van der Waals surface area contributed by atoms with Gasteiger partial charge in [0.25, 0.3) is 15.9 Å². The molecule has 0 atom stereocenters. The van der Waals surface area contributed by atoms with Gasteiger partial charge in [0.15, 0.2) is 5.13 Å². The maximum atomic E-state index is 12.6. The zero-order valence-corrected chi connectivity index (χ0v) is 17.7. The van der Waals surface area contributed by atoms with Crippen LogP contribution in [0, 0.1) is 13.8 Å². The van der Waals surface area contributed by atoms with Crippen molar-refractivity contribution in [2.75, 3.05) is 10.0 Å². The van der Waals surface area contributed by atoms with Crippen LogP contribution in [-0.4, -0.2) is 19.3 Å². The van der Waals surface area contributed by atoms with Crippen LogP contribution in [0.15, 0.2) is 52.7 Å². The Bertz CT molecular complexity index is 1160. The van der Waals surface area contributed by atoms with Gasteiger partial charge in [-0.15, -0.1) is 11.3 Å². The molecule has 0 spiro atoms. The van der Waals surface area contributed by atoms with E-state index in [4.69, 9.17) is 0 Å². The zero-order valence-electron chi connectivity index (χ0n) is 16.1. The Kier molecular flexibility index (Phi) is 5.14. The molecule has 0 bridgehead atoms. The highest BCUT2D eigenvalue weighted by Gasteiger charge is 2.26. The summed E-state index contributed by atoms with van der Waals surface area (Å²) < 4.78 is 27.7. The Morgan fingerprint density at radius 3 is 2.45 bits per heavy atom. The average molecular weight is 428 g/mol. The number of hydrogen-bond acceptors (Lipinski definition) is 5. The third-order valence-corrected chi connectivity index (χ3v) is 7.08. The maximum absolute atomic E-state index is 12.6. The van der Waals surface area contributed by atoms with E-state index in [2.05, 4.69) is 15.0 Å². The molecule has 2 aromatic carbocycles. The number of anilines is 2. The summed E-state index contributed by atoms with van der Waals surface area (Å²) in [5.74, 6) is 0.270. The molecule has 4 rings (SSSR count). The number of benzene rings is 2. The van der Waals surface area contributed by atoms with E-state index in [1.807, 2.05) is 19.2 Å². The molecule has 6 nitrogen and oxygen atoms in total. The van der Waals surface area contributed by atoms with Crippen molar-refractivity contribution < 1.29 is 13.2 Å². The summed E-state index contributed by atoms with van der Waals surface area (Å²) in [6.45, 7) is 3.80. The van der Waals surface area contributed by atoms with E-state index in [9.17, 15) is 13.2 Å². The molecular formula is C21H21N3O3S2. The van der Waals surface area contributed by atoms with Crippen molar-refractivity contribution in [1.82, 2.24) is 4.98 Å². The summed E-state index contributed by atoms with van der Waals surface area (Å²) >= 11 is 1.42. The number of hydrogen-bond donors (Lipinski definition) is 2. The maximum Gasteiger partial charge on any atom is 0.261 e. The first-order valence-electron chi connectivity index (χ1n) is 9.29. The highest BCUT2D eigenvalue weighted by Crippen LogP contribution is 2.40. The Hall–Kier alpha value is -2.71. The molecular weight excluding hydrogens is 406 g/mol. The van der Waals surface area contributed by atoms with E-state index in [0.717, 1.165) is 29.7 Å². The van der Waals surface area contributed by atoms with Crippen molar-refractivity contribution in [1.29, 1.82) is 0 Å². The molecule has 1 aromatic heterocycles. The fraction of sp³-hybridized carbons (Fsp3) is 0.238. The highest BCUT2D eigenvalue weighted by molar-refractivity contribution is 7.92. The lowest BCUT2D eigenvalue weighted by atomic mass is 10.1. The number of aromatic nitrogens is 1. The minimum Gasteiger partial charge on any atom is -0.298 e. The Labute approximate surface area is 174 Å². The van der Waals surface area contributed by atoms with E-state index in [-0.39, 0.29) is 10.8 Å². The minimum absolute atomic E-state index is 0.206. The van der Waals surface area contributed by atoms with E-state index < -0.39 is 10.0 Å². The molecule has 29 heavy (non-hydrogen) atoms. The van der Waals surface area contributed by atoms with Crippen LogP contribution in [0.4, 0.5) is 10.8 Å². The second-order valence-corrected chi connectivity index (χ2v) is 9.78. The van der Waals surface area contributed by atoms with Gasteiger partial charge in [-0.2, -0.15) is 0 Å². The standard InChI is InChI=1S/C21H21N3O3S2/c1-13-3-10-18(11-14(13)2)29(26,27)24-17-8-6-16(7-9-17)20(25)23-21-22-19(12-28-21)15-4-5-15/h3,6-12,15,24H,4-5H2,1-2H3,(H,22,23,25). The van der Waals surface area contributed by atoms with Crippen LogP contribution in [0.2, 0.25) is 0 Å². The first-order valence-corrected chi connectivity index (χ1v) is 11.6. The fourth-order valence-electron chi connectivity index (χ4n) is 2.86. The molecule has 8 heteroatoms. The van der Waals surface area contributed by atoms with Crippen molar-refractivity contribution in [2.24, 2.45) is 0 Å². The molecule has 0 aliphatic heterocycles. The Morgan fingerprint density at radius 2 is 1.79 bits per heavy atom. The molecule has 1 fully saturated rings. The zero-order chi connectivity index (χ0) is 20.6. The first-order chi connectivity index (χ1) is 13.8. The normalized spacial score (nSPS) is 13.9. The summed E-state index contributed by atoms with van der Waals surface area (Å²) in [7, 11) is -3.69. The van der Waals surface area contributed by atoms with Crippen molar-refractivity contribution in [3.05, 3.63) is 70.2 Å². The fourth-order valence-corrected chi connectivity index (χ4v) is 4.79. The molecule has 0 saturated heterocycles. The van der Waals surface area contributed by atoms with Crippen LogP contribution in [0.5, 0.6) is 0 Å². The van der Waals surface area contributed by atoms with Crippen molar-refractivity contribution in [2.45, 2.75) is 37.5 Å². The van der Waals surface area contributed by atoms with E-state index in [1.165, 1.54) is 11.3 Å². The molecule has 1 aliphatic carbocycles. The third kappa shape index (κ3) is 4.49. The molecule has 3 aromatic rings. The van der Waals surface area contributed by atoms with E-state index >= 15 is 0 Å². The van der Waals surface area contributed by atoms with Crippen LogP contribution in [-0.2, 0) is 10.0 Å². The number of carbonyl (C=O) groups excluding carboxylic acids is 1. The van der Waals surface area contributed by atoms with Crippen molar-refractivity contribution in [3.63, 3.8) is 0 Å². The van der Waals surface area contributed by atoms with Gasteiger partial charge in [-0.1, -0.05) is 6.07 Å². The predicted octanol–water partition coefficient (Wildman–Crippen LogP) is 4.69. The summed E-state index contributed by atoms with van der Waals surface area (Å²) in [6.07, 6.45) is 2.33. The van der Waals surface area contributed by atoms with E-state index in [1.54, 1.807) is 42.5 Å². The monoisotopic (exact) mass is 427 g/mol. The van der Waals surface area contributed by atoms with Gasteiger partial charge in [0, 0.05) is 22.5 Å². The number of thiazole rings is 1. The van der Waals surface area contributed by atoms with Gasteiger partial charge in [-0.3, -0.25) is 14.8 Å². The topological polar surface area (TPSA) is 88.2 Å². The molecule has 1 heterocycles. The highest BCUT2D eigenvalue weighted by atomic mass is 32.2. The van der Waals surface area contributed by atoms with Crippen LogP contribution < -0.4 is 10.0 Å². The number of amides is 1. The molecule has 1 aliphatic rings. The van der Waals surface area contributed by atoms with Crippen LogP contribution >= 0.6 is 11.3 Å². The molecule has 1 amide bonds. The van der Waals surface area contributed by atoms with Gasteiger partial charge in [0.2, 0.25) is 0 Å². The lowest BCUT2D eigenvalue weighted by Crippen LogP contribution is -2.14. The van der Waals surface area contributed by atoms with Crippen LogP contribution in [0.1, 0.15) is 45.9 Å². The van der Waals surface area contributed by atoms with Gasteiger partial charge in [0.05, 0.1) is 10.6 Å². The smallest absolute Gasteiger partial charge is 0.261 e. The van der Waals surface area contributed by atoms with Gasteiger partial charge in [0.1, 0.15) is 0 Å². The third-order valence-electron chi connectivity index (χ3n) is 4.93. The Balaban J connectivity index is 1.43. The molecule has 2 N–H and O–H groups in total. The van der Waals surface area contributed by atoms with Crippen LogP contribution in [0.25, 0.3) is 0 Å². The number of sulfonamides is 1. The molecule has 150 valence electrons. The van der Waals surface area contributed by atoms with Gasteiger partial charge < -0.3 is 0 Å². The SMILES string of the molecule is Cc1ccc(S(=O)(=O)Nc2ccc(C(=O)Nc3nc(C4CC4)cs3)cc2)cc1C. The number of nitrogens with zero attached hydrogens (tertiary/aromatic N) is 1. The second kappa shape index (κ2) is 7.61. The number of aryl methyl sites for hydroxylation is 2. The summed E-state index contributed by atoms with van der Waals surface area (Å²) in [4.78, 5) is 17.1. The van der Waals surface area contributed by atoms with Crippen molar-refractivity contribution in [3.8, 4) is 0 Å². The summed E-state index contributed by atoms with van der Waals surface area (Å²) in [6, 6.07) is 11.3. The predicted molar refractivity (Wildman–Crippen MR) is 115 cm³/mol. The molecule has 0 unspecified atom stereocenters. The summed E-state index contributed by atoms with van der Waals surface area (Å²) in [5, 5.41) is 5.36. The number of rotatable bonds is 6. The first kappa shape index (κ1) is 19.6. The summed E-state index contributed by atoms with van der Waals surface area (Å²) in [5.41, 5.74) is 3.81. The second-order valence-electron chi connectivity index (χ2n) is 7.23. The number of carbonyl (C=O) groups is 1. The largest absolute Gasteiger partial charge is 0.298 e. The van der Waals surface area contributed by atoms with Gasteiger partial charge in [-0.05, 0) is 74.2 Å². The van der Waals surface area contributed by atoms with E-state index in [0.29, 0.717) is 22.3 Å². The average Bonchev–Trinajstić information content (AvgIpc) is 3.43. The quantitative estimate of drug-likeness (QED) is 0.597. The minimum atomic E-state index is -3.69. The number of nitrogens with one attached hydrogen (secondary N) is 2.